The number of nitrogens with zero attached hydrogens (tertiary/aromatic N) is 4. The van der Waals surface area contributed by atoms with Crippen LogP contribution in [0.1, 0.15) is 31.4 Å². The largest absolute Gasteiger partial charge is 0.356 e. The Morgan fingerprint density at radius 3 is 2.65 bits per heavy atom. The summed E-state index contributed by atoms with van der Waals surface area (Å²) >= 11 is 0. The normalized spacial score (nSPS) is 11.8. The van der Waals surface area contributed by atoms with Crippen molar-refractivity contribution in [3.63, 3.8) is 0 Å². The van der Waals surface area contributed by atoms with E-state index >= 15 is 0 Å². The Kier molecular flexibility index (Phi) is 8.69. The molecule has 1 aromatic carbocycles. The number of nitrogens with one attached hydrogen (secondary N) is 2. The van der Waals surface area contributed by atoms with E-state index in [1.54, 1.807) is 7.05 Å². The maximum atomic E-state index is 4.30. The molecule has 6 heteroatoms. The fourth-order valence-electron chi connectivity index (χ4n) is 2.83. The highest BCUT2D eigenvalue weighted by Gasteiger charge is 2.03. The maximum absolute atomic E-state index is 4.30. The molecular formula is C20H32N6. The van der Waals surface area contributed by atoms with Crippen LogP contribution < -0.4 is 10.6 Å². The van der Waals surface area contributed by atoms with Crippen LogP contribution in [0.3, 0.4) is 0 Å². The van der Waals surface area contributed by atoms with Crippen molar-refractivity contribution < 1.29 is 0 Å². The molecule has 26 heavy (non-hydrogen) atoms. The van der Waals surface area contributed by atoms with Crippen LogP contribution in [0.5, 0.6) is 0 Å². The van der Waals surface area contributed by atoms with E-state index in [1.807, 2.05) is 23.1 Å². The first kappa shape index (κ1) is 20.0. The predicted octanol–water partition coefficient (Wildman–Crippen LogP) is 2.48. The monoisotopic (exact) mass is 356 g/mol. The second-order valence-electron chi connectivity index (χ2n) is 6.26. The molecule has 0 saturated carbocycles. The molecule has 0 aliphatic heterocycles. The van der Waals surface area contributed by atoms with Gasteiger partial charge in [-0.05, 0) is 36.7 Å². The van der Waals surface area contributed by atoms with Gasteiger partial charge in [0.1, 0.15) is 0 Å². The molecule has 0 fully saturated rings. The minimum atomic E-state index is 0.769. The molecule has 0 unspecified atom stereocenters. The van der Waals surface area contributed by atoms with Crippen molar-refractivity contribution in [2.75, 3.05) is 26.7 Å². The smallest absolute Gasteiger partial charge is 0.191 e. The van der Waals surface area contributed by atoms with Gasteiger partial charge in [-0.25, -0.2) is 0 Å². The average Bonchev–Trinajstić information content (AvgIpc) is 3.19. The zero-order valence-electron chi connectivity index (χ0n) is 16.3. The van der Waals surface area contributed by atoms with Crippen molar-refractivity contribution in [3.05, 3.63) is 53.9 Å². The Bertz CT molecular complexity index is 646. The predicted molar refractivity (Wildman–Crippen MR) is 108 cm³/mol. The molecule has 0 aliphatic carbocycles. The molecule has 0 saturated heterocycles. The maximum Gasteiger partial charge on any atom is 0.191 e. The van der Waals surface area contributed by atoms with Gasteiger partial charge >= 0.3 is 0 Å². The number of hydrogen-bond acceptors (Lipinski definition) is 3. The molecule has 2 aromatic rings. The summed E-state index contributed by atoms with van der Waals surface area (Å²) in [6.07, 6.45) is 4.79. The first-order valence-corrected chi connectivity index (χ1v) is 9.47. The molecule has 0 amide bonds. The van der Waals surface area contributed by atoms with Gasteiger partial charge in [-0.15, -0.1) is 0 Å². The van der Waals surface area contributed by atoms with Gasteiger partial charge in [0.2, 0.25) is 0 Å². The molecule has 142 valence electrons. The molecule has 0 atom stereocenters. The van der Waals surface area contributed by atoms with E-state index in [-0.39, 0.29) is 0 Å². The van der Waals surface area contributed by atoms with Crippen LogP contribution in [0, 0.1) is 0 Å². The number of guanidine groups is 1. The van der Waals surface area contributed by atoms with E-state index < -0.39 is 0 Å². The van der Waals surface area contributed by atoms with Gasteiger partial charge in [-0.1, -0.05) is 38.1 Å². The van der Waals surface area contributed by atoms with Crippen molar-refractivity contribution in [1.29, 1.82) is 0 Å². The highest BCUT2D eigenvalue weighted by Crippen LogP contribution is 2.08. The molecule has 0 radical (unpaired) electrons. The minimum absolute atomic E-state index is 0.769. The Morgan fingerprint density at radius 1 is 1.15 bits per heavy atom. The molecule has 0 spiro atoms. The summed E-state index contributed by atoms with van der Waals surface area (Å²) in [5.74, 6) is 0.833. The van der Waals surface area contributed by atoms with Crippen molar-refractivity contribution in [2.24, 2.45) is 4.99 Å². The van der Waals surface area contributed by atoms with E-state index in [0.717, 1.165) is 51.6 Å². The lowest BCUT2D eigenvalue weighted by Crippen LogP contribution is -2.37. The van der Waals surface area contributed by atoms with Crippen LogP contribution in [0.25, 0.3) is 0 Å². The molecule has 1 aromatic heterocycles. The number of rotatable bonds is 10. The van der Waals surface area contributed by atoms with E-state index in [1.165, 1.54) is 11.1 Å². The summed E-state index contributed by atoms with van der Waals surface area (Å²) in [4.78, 5) is 6.72. The summed E-state index contributed by atoms with van der Waals surface area (Å²) in [7, 11) is 1.81. The first-order chi connectivity index (χ1) is 12.7. The molecule has 0 aliphatic rings. The quantitative estimate of drug-likeness (QED) is 0.390. The highest BCUT2D eigenvalue weighted by atomic mass is 15.3. The van der Waals surface area contributed by atoms with Crippen LogP contribution >= 0.6 is 0 Å². The number of aryl methyl sites for hydroxylation is 1. The van der Waals surface area contributed by atoms with Gasteiger partial charge in [-0.2, -0.15) is 5.10 Å². The lowest BCUT2D eigenvalue weighted by Gasteiger charge is -2.18. The lowest BCUT2D eigenvalue weighted by atomic mass is 10.1. The van der Waals surface area contributed by atoms with E-state index in [2.05, 4.69) is 63.7 Å². The summed E-state index contributed by atoms with van der Waals surface area (Å²) in [6, 6.07) is 10.7. The summed E-state index contributed by atoms with van der Waals surface area (Å²) in [5.41, 5.74) is 2.63. The van der Waals surface area contributed by atoms with E-state index in [0.29, 0.717) is 0 Å². The van der Waals surface area contributed by atoms with Crippen molar-refractivity contribution in [2.45, 2.75) is 39.9 Å². The average molecular weight is 357 g/mol. The lowest BCUT2D eigenvalue weighted by molar-refractivity contribution is 0.296. The zero-order valence-corrected chi connectivity index (χ0v) is 16.3. The van der Waals surface area contributed by atoms with Gasteiger partial charge < -0.3 is 10.6 Å². The molecular weight excluding hydrogens is 324 g/mol. The van der Waals surface area contributed by atoms with Crippen LogP contribution in [0.4, 0.5) is 0 Å². The van der Waals surface area contributed by atoms with Crippen LogP contribution in [0.15, 0.2) is 47.7 Å². The van der Waals surface area contributed by atoms with Gasteiger partial charge in [0, 0.05) is 45.6 Å². The molecule has 2 rings (SSSR count). The fraction of sp³-hybridized carbons (Fsp3) is 0.500. The molecule has 6 nitrogen and oxygen atoms in total. The van der Waals surface area contributed by atoms with Crippen LogP contribution in [0.2, 0.25) is 0 Å². The Labute approximate surface area is 157 Å². The standard InChI is InChI=1S/C20H32N6/c1-4-25(5-2)17-19-10-6-9-18(15-19)16-23-20(21-3)22-11-7-13-26-14-8-12-24-26/h6,8-10,12,14-15H,4-5,7,11,13,16-17H2,1-3H3,(H2,21,22,23). The Balaban J connectivity index is 1.75. The minimum Gasteiger partial charge on any atom is -0.356 e. The Morgan fingerprint density at radius 2 is 1.96 bits per heavy atom. The third-order valence-corrected chi connectivity index (χ3v) is 4.39. The van der Waals surface area contributed by atoms with Gasteiger partial charge in [0.25, 0.3) is 0 Å². The van der Waals surface area contributed by atoms with Gasteiger partial charge in [0.15, 0.2) is 5.96 Å². The number of hydrogen-bond donors (Lipinski definition) is 2. The summed E-state index contributed by atoms with van der Waals surface area (Å²) in [6.45, 7) is 10.1. The fourth-order valence-corrected chi connectivity index (χ4v) is 2.83. The SMILES string of the molecule is CCN(CC)Cc1cccc(CNC(=NC)NCCCn2cccn2)c1. The van der Waals surface area contributed by atoms with Crippen molar-refractivity contribution in [1.82, 2.24) is 25.3 Å². The van der Waals surface area contributed by atoms with E-state index in [9.17, 15) is 0 Å². The number of aliphatic imine (C=N–C) groups is 1. The van der Waals surface area contributed by atoms with E-state index in [4.69, 9.17) is 0 Å². The summed E-state index contributed by atoms with van der Waals surface area (Å²) in [5, 5.41) is 11.0. The Hall–Kier alpha value is -2.34. The first-order valence-electron chi connectivity index (χ1n) is 9.47. The molecule has 0 bridgehead atoms. The summed E-state index contributed by atoms with van der Waals surface area (Å²) < 4.78 is 1.94. The van der Waals surface area contributed by atoms with Crippen molar-refractivity contribution >= 4 is 5.96 Å². The van der Waals surface area contributed by atoms with Crippen molar-refractivity contribution in [3.8, 4) is 0 Å². The molecule has 2 N–H and O–H groups in total. The zero-order chi connectivity index (χ0) is 18.6. The second kappa shape index (κ2) is 11.3. The third kappa shape index (κ3) is 6.88. The van der Waals surface area contributed by atoms with Gasteiger partial charge in [-0.3, -0.25) is 14.6 Å². The highest BCUT2D eigenvalue weighted by molar-refractivity contribution is 5.79. The number of benzene rings is 1. The topological polar surface area (TPSA) is 57.5 Å². The van der Waals surface area contributed by atoms with Gasteiger partial charge in [0.05, 0.1) is 0 Å². The van der Waals surface area contributed by atoms with Crippen LogP contribution in [-0.2, 0) is 19.6 Å². The second-order valence-corrected chi connectivity index (χ2v) is 6.26. The molecule has 1 heterocycles. The van der Waals surface area contributed by atoms with Crippen LogP contribution in [-0.4, -0.2) is 47.3 Å². The number of aromatic nitrogens is 2. The third-order valence-electron chi connectivity index (χ3n) is 4.39.